The fourth-order valence-corrected chi connectivity index (χ4v) is 1.14. The van der Waals surface area contributed by atoms with Gasteiger partial charge in [0.05, 0.1) is 0 Å². The standard InChI is InChI=1S/C10H12N2O3/c1-6(13)12-10(15)9(11)7-4-2-3-5-8(7)14/h2-5,9,14H,11H2,1H3,(H,12,13,15). The number of carbonyl (C=O) groups excluding carboxylic acids is 2. The van der Waals surface area contributed by atoms with Crippen molar-refractivity contribution in [3.05, 3.63) is 29.8 Å². The van der Waals surface area contributed by atoms with Crippen LogP contribution in [0.15, 0.2) is 24.3 Å². The summed E-state index contributed by atoms with van der Waals surface area (Å²) in [5.74, 6) is -1.18. The van der Waals surface area contributed by atoms with Crippen molar-refractivity contribution in [3.63, 3.8) is 0 Å². The van der Waals surface area contributed by atoms with E-state index in [0.717, 1.165) is 0 Å². The first-order chi connectivity index (χ1) is 7.02. The van der Waals surface area contributed by atoms with E-state index in [9.17, 15) is 14.7 Å². The molecule has 4 N–H and O–H groups in total. The summed E-state index contributed by atoms with van der Waals surface area (Å²) in [6, 6.07) is 5.18. The van der Waals surface area contributed by atoms with E-state index in [1.54, 1.807) is 12.1 Å². The lowest BCUT2D eigenvalue weighted by Crippen LogP contribution is -2.36. The van der Waals surface area contributed by atoms with Gasteiger partial charge in [-0.1, -0.05) is 18.2 Å². The minimum atomic E-state index is -1.05. The predicted molar refractivity (Wildman–Crippen MR) is 53.9 cm³/mol. The molecule has 80 valence electrons. The summed E-state index contributed by atoms with van der Waals surface area (Å²) in [7, 11) is 0. The van der Waals surface area contributed by atoms with Crippen molar-refractivity contribution in [2.45, 2.75) is 13.0 Å². The number of para-hydroxylation sites is 1. The van der Waals surface area contributed by atoms with Crippen LogP contribution in [0.25, 0.3) is 0 Å². The van der Waals surface area contributed by atoms with Gasteiger partial charge in [0.1, 0.15) is 11.8 Å². The van der Waals surface area contributed by atoms with E-state index in [4.69, 9.17) is 5.73 Å². The van der Waals surface area contributed by atoms with E-state index < -0.39 is 17.9 Å². The Labute approximate surface area is 86.9 Å². The van der Waals surface area contributed by atoms with Crippen LogP contribution in [0.3, 0.4) is 0 Å². The molecule has 0 aliphatic carbocycles. The van der Waals surface area contributed by atoms with Gasteiger partial charge in [-0.15, -0.1) is 0 Å². The molecule has 5 nitrogen and oxygen atoms in total. The highest BCUT2D eigenvalue weighted by molar-refractivity contribution is 5.97. The molecule has 0 spiro atoms. The summed E-state index contributed by atoms with van der Waals surface area (Å²) in [5, 5.41) is 11.5. The molecule has 1 atom stereocenters. The Morgan fingerprint density at radius 1 is 1.40 bits per heavy atom. The molecule has 1 aromatic carbocycles. The average Bonchev–Trinajstić information content (AvgIpc) is 2.16. The van der Waals surface area contributed by atoms with Crippen molar-refractivity contribution in [3.8, 4) is 5.75 Å². The second kappa shape index (κ2) is 4.56. The molecule has 0 saturated heterocycles. The number of amides is 2. The topological polar surface area (TPSA) is 92.4 Å². The minimum Gasteiger partial charge on any atom is -0.508 e. The number of nitrogens with two attached hydrogens (primary N) is 1. The third-order valence-electron chi connectivity index (χ3n) is 1.85. The van der Waals surface area contributed by atoms with E-state index in [0.29, 0.717) is 0 Å². The molecule has 1 rings (SSSR count). The quantitative estimate of drug-likeness (QED) is 0.640. The van der Waals surface area contributed by atoms with Crippen LogP contribution >= 0.6 is 0 Å². The first-order valence-electron chi connectivity index (χ1n) is 4.37. The number of imide groups is 1. The molecular weight excluding hydrogens is 196 g/mol. The Bertz CT molecular complexity index is 390. The lowest BCUT2D eigenvalue weighted by molar-refractivity contribution is -0.130. The monoisotopic (exact) mass is 208 g/mol. The fraction of sp³-hybridized carbons (Fsp3) is 0.200. The SMILES string of the molecule is CC(=O)NC(=O)C(N)c1ccccc1O. The van der Waals surface area contributed by atoms with E-state index in [1.807, 2.05) is 0 Å². The largest absolute Gasteiger partial charge is 0.508 e. The molecule has 5 heteroatoms. The molecule has 1 aromatic rings. The number of hydrogen-bond donors (Lipinski definition) is 3. The van der Waals surface area contributed by atoms with Gasteiger partial charge in [-0.2, -0.15) is 0 Å². The molecule has 0 aliphatic rings. The molecule has 0 bridgehead atoms. The van der Waals surface area contributed by atoms with Gasteiger partial charge in [0.2, 0.25) is 11.8 Å². The second-order valence-corrected chi connectivity index (χ2v) is 3.08. The fourth-order valence-electron chi connectivity index (χ4n) is 1.14. The highest BCUT2D eigenvalue weighted by Gasteiger charge is 2.19. The first-order valence-corrected chi connectivity index (χ1v) is 4.37. The van der Waals surface area contributed by atoms with Crippen molar-refractivity contribution in [1.29, 1.82) is 0 Å². The highest BCUT2D eigenvalue weighted by Crippen LogP contribution is 2.21. The van der Waals surface area contributed by atoms with Crippen molar-refractivity contribution in [2.24, 2.45) is 5.73 Å². The molecule has 0 saturated carbocycles. The number of phenolic OH excluding ortho intramolecular Hbond substituents is 1. The summed E-state index contributed by atoms with van der Waals surface area (Å²) in [5.41, 5.74) is 5.85. The number of carbonyl (C=O) groups is 2. The van der Waals surface area contributed by atoms with Crippen LogP contribution < -0.4 is 11.1 Å². The maximum absolute atomic E-state index is 11.3. The van der Waals surface area contributed by atoms with E-state index >= 15 is 0 Å². The Morgan fingerprint density at radius 3 is 2.53 bits per heavy atom. The summed E-state index contributed by atoms with van der Waals surface area (Å²) in [6.45, 7) is 1.22. The van der Waals surface area contributed by atoms with E-state index in [2.05, 4.69) is 5.32 Å². The summed E-state index contributed by atoms with van der Waals surface area (Å²) in [6.07, 6.45) is 0. The molecule has 15 heavy (non-hydrogen) atoms. The average molecular weight is 208 g/mol. The number of nitrogens with one attached hydrogen (secondary N) is 1. The number of benzene rings is 1. The summed E-state index contributed by atoms with van der Waals surface area (Å²) >= 11 is 0. The maximum atomic E-state index is 11.3. The Hall–Kier alpha value is -1.88. The third-order valence-corrected chi connectivity index (χ3v) is 1.85. The molecule has 1 unspecified atom stereocenters. The van der Waals surface area contributed by atoms with E-state index in [-0.39, 0.29) is 11.3 Å². The molecule has 0 radical (unpaired) electrons. The van der Waals surface area contributed by atoms with Crippen LogP contribution in [0.2, 0.25) is 0 Å². The summed E-state index contributed by atoms with van der Waals surface area (Å²) in [4.78, 5) is 22.0. The third kappa shape index (κ3) is 2.78. The predicted octanol–water partition coefficient (Wildman–Crippen LogP) is 0.0547. The Morgan fingerprint density at radius 2 is 2.00 bits per heavy atom. The zero-order valence-electron chi connectivity index (χ0n) is 8.23. The van der Waals surface area contributed by atoms with Gasteiger partial charge in [-0.05, 0) is 6.07 Å². The Kier molecular flexibility index (Phi) is 3.41. The highest BCUT2D eigenvalue weighted by atomic mass is 16.3. The maximum Gasteiger partial charge on any atom is 0.248 e. The first kappa shape index (κ1) is 11.2. The number of rotatable bonds is 2. The van der Waals surface area contributed by atoms with Gasteiger partial charge in [0.15, 0.2) is 0 Å². The zero-order valence-corrected chi connectivity index (χ0v) is 8.23. The zero-order chi connectivity index (χ0) is 11.4. The number of phenols is 1. The van der Waals surface area contributed by atoms with Crippen molar-refractivity contribution < 1.29 is 14.7 Å². The van der Waals surface area contributed by atoms with Crippen LogP contribution in [-0.2, 0) is 9.59 Å². The normalized spacial score (nSPS) is 11.9. The van der Waals surface area contributed by atoms with Crippen LogP contribution in [0.4, 0.5) is 0 Å². The van der Waals surface area contributed by atoms with Crippen LogP contribution in [-0.4, -0.2) is 16.9 Å². The van der Waals surface area contributed by atoms with Crippen molar-refractivity contribution in [2.75, 3.05) is 0 Å². The molecule has 0 fully saturated rings. The Balaban J connectivity index is 2.85. The van der Waals surface area contributed by atoms with Gasteiger partial charge in [-0.25, -0.2) is 0 Å². The molecule has 0 aliphatic heterocycles. The molecule has 2 amide bonds. The minimum absolute atomic E-state index is 0.0660. The van der Waals surface area contributed by atoms with Gasteiger partial charge in [0, 0.05) is 12.5 Å². The molecule has 0 heterocycles. The molecular formula is C10H12N2O3. The smallest absolute Gasteiger partial charge is 0.248 e. The van der Waals surface area contributed by atoms with Crippen LogP contribution in [0.1, 0.15) is 18.5 Å². The van der Waals surface area contributed by atoms with Gasteiger partial charge >= 0.3 is 0 Å². The van der Waals surface area contributed by atoms with Gasteiger partial charge in [0.25, 0.3) is 0 Å². The molecule has 0 aromatic heterocycles. The van der Waals surface area contributed by atoms with Gasteiger partial charge < -0.3 is 10.8 Å². The van der Waals surface area contributed by atoms with E-state index in [1.165, 1.54) is 19.1 Å². The second-order valence-electron chi connectivity index (χ2n) is 3.08. The van der Waals surface area contributed by atoms with Crippen LogP contribution in [0.5, 0.6) is 5.75 Å². The lowest BCUT2D eigenvalue weighted by Gasteiger charge is -2.11. The number of aromatic hydroxyl groups is 1. The van der Waals surface area contributed by atoms with Crippen molar-refractivity contribution in [1.82, 2.24) is 5.32 Å². The summed E-state index contributed by atoms with van der Waals surface area (Å²) < 4.78 is 0. The van der Waals surface area contributed by atoms with Crippen LogP contribution in [0, 0.1) is 0 Å². The number of hydrogen-bond acceptors (Lipinski definition) is 4. The van der Waals surface area contributed by atoms with Crippen molar-refractivity contribution >= 4 is 11.8 Å². The van der Waals surface area contributed by atoms with Gasteiger partial charge in [-0.3, -0.25) is 14.9 Å². The lowest BCUT2D eigenvalue weighted by atomic mass is 10.1.